The summed E-state index contributed by atoms with van der Waals surface area (Å²) in [6, 6.07) is 14.3. The summed E-state index contributed by atoms with van der Waals surface area (Å²) in [5, 5.41) is 21.5. The van der Waals surface area contributed by atoms with E-state index in [9.17, 15) is 24.8 Å². The number of amides is 2. The predicted molar refractivity (Wildman–Crippen MR) is 123 cm³/mol. The van der Waals surface area contributed by atoms with Crippen molar-refractivity contribution in [2.45, 2.75) is 6.54 Å². The maximum atomic E-state index is 13.5. The van der Waals surface area contributed by atoms with Crippen molar-refractivity contribution in [3.63, 3.8) is 0 Å². The van der Waals surface area contributed by atoms with Crippen molar-refractivity contribution < 1.29 is 33.8 Å². The van der Waals surface area contributed by atoms with Crippen LogP contribution in [0.3, 0.4) is 0 Å². The van der Waals surface area contributed by atoms with Gasteiger partial charge in [-0.2, -0.15) is 0 Å². The molecule has 0 radical (unpaired) electrons. The molecule has 0 saturated carbocycles. The van der Waals surface area contributed by atoms with Gasteiger partial charge < -0.3 is 19.3 Å². The molecule has 2 aliphatic heterocycles. The number of rotatable bonds is 5. The van der Waals surface area contributed by atoms with Crippen LogP contribution in [0, 0.1) is 10.1 Å². The number of benzene rings is 3. The largest absolute Gasteiger partial charge is 0.500 e. The Balaban J connectivity index is 1.59. The van der Waals surface area contributed by atoms with Gasteiger partial charge in [-0.05, 0) is 47.0 Å². The van der Waals surface area contributed by atoms with E-state index in [1.165, 1.54) is 19.3 Å². The number of ether oxygens (including phenoxy) is 3. The van der Waals surface area contributed by atoms with Crippen molar-refractivity contribution in [1.29, 1.82) is 0 Å². The lowest BCUT2D eigenvalue weighted by molar-refractivity contribution is -0.386. The average molecular weight is 474 g/mol. The molecule has 176 valence electrons. The van der Waals surface area contributed by atoms with Crippen LogP contribution in [0.15, 0.2) is 54.6 Å². The van der Waals surface area contributed by atoms with E-state index < -0.39 is 28.2 Å². The quantitative estimate of drug-likeness (QED) is 0.256. The fraction of sp³-hybridized carbons (Fsp3) is 0.120. The van der Waals surface area contributed by atoms with Gasteiger partial charge in [0, 0.05) is 17.2 Å². The summed E-state index contributed by atoms with van der Waals surface area (Å²) in [5.74, 6) is -0.654. The first-order chi connectivity index (χ1) is 16.9. The van der Waals surface area contributed by atoms with Gasteiger partial charge in [-0.1, -0.05) is 24.3 Å². The van der Waals surface area contributed by atoms with Crippen molar-refractivity contribution in [3.8, 4) is 23.0 Å². The van der Waals surface area contributed by atoms with Gasteiger partial charge >= 0.3 is 5.69 Å². The lowest BCUT2D eigenvalue weighted by Crippen LogP contribution is -2.41. The summed E-state index contributed by atoms with van der Waals surface area (Å²) in [6.07, 6.45) is 1.44. The molecule has 3 aromatic rings. The molecule has 5 rings (SSSR count). The highest BCUT2D eigenvalue weighted by Gasteiger charge is 2.35. The molecule has 3 aromatic carbocycles. The van der Waals surface area contributed by atoms with Gasteiger partial charge in [0.2, 0.25) is 12.5 Å². The minimum atomic E-state index is -0.744. The van der Waals surface area contributed by atoms with Gasteiger partial charge in [-0.25, -0.2) is 0 Å². The normalized spacial score (nSPS) is 15.3. The van der Waals surface area contributed by atoms with Crippen LogP contribution in [0.1, 0.15) is 27.0 Å². The zero-order valence-electron chi connectivity index (χ0n) is 18.4. The lowest BCUT2D eigenvalue weighted by atomic mass is 9.91. The first-order valence-corrected chi connectivity index (χ1v) is 10.5. The van der Waals surface area contributed by atoms with Crippen molar-refractivity contribution in [1.82, 2.24) is 4.90 Å². The first kappa shape index (κ1) is 22.0. The zero-order chi connectivity index (χ0) is 24.7. The zero-order valence-corrected chi connectivity index (χ0v) is 18.4. The third kappa shape index (κ3) is 3.80. The van der Waals surface area contributed by atoms with E-state index in [1.54, 1.807) is 42.5 Å². The standard InChI is InChI=1S/C25H18N2O8/c1-33-22-11-15(9-19(23(22)28)27(31)32)8-18-16-4-2-3-5-17(16)24(29)26(25(18)30)12-14-6-7-20-21(10-14)35-13-34-20/h2-11,28H,12-13H2,1H3/b18-8+. The van der Waals surface area contributed by atoms with E-state index >= 15 is 0 Å². The molecule has 0 bridgehead atoms. The monoisotopic (exact) mass is 474 g/mol. The Kier molecular flexibility index (Phi) is 5.33. The van der Waals surface area contributed by atoms with E-state index in [0.29, 0.717) is 28.2 Å². The number of hydrogen-bond donors (Lipinski definition) is 1. The maximum Gasteiger partial charge on any atom is 0.315 e. The Hall–Kier alpha value is -4.86. The number of carbonyl (C=O) groups excluding carboxylic acids is 2. The summed E-state index contributed by atoms with van der Waals surface area (Å²) in [4.78, 5) is 38.6. The Bertz CT molecular complexity index is 1430. The number of hydrogen-bond acceptors (Lipinski definition) is 8. The van der Waals surface area contributed by atoms with Crippen molar-refractivity contribution >= 4 is 29.2 Å². The van der Waals surface area contributed by atoms with Crippen LogP contribution in [0.5, 0.6) is 23.0 Å². The fourth-order valence-corrected chi connectivity index (χ4v) is 4.07. The highest BCUT2D eigenvalue weighted by atomic mass is 16.7. The second-order valence-corrected chi connectivity index (χ2v) is 7.84. The molecule has 0 saturated heterocycles. The smallest absolute Gasteiger partial charge is 0.315 e. The molecule has 35 heavy (non-hydrogen) atoms. The number of aromatic hydroxyl groups is 1. The number of nitro groups is 1. The first-order valence-electron chi connectivity index (χ1n) is 10.5. The average Bonchev–Trinajstić information content (AvgIpc) is 3.33. The molecule has 0 atom stereocenters. The molecule has 0 unspecified atom stereocenters. The van der Waals surface area contributed by atoms with E-state index in [0.717, 1.165) is 11.0 Å². The molecule has 1 N–H and O–H groups in total. The van der Waals surface area contributed by atoms with Crippen molar-refractivity contribution in [2.75, 3.05) is 13.9 Å². The number of fused-ring (bicyclic) bond motifs is 2. The number of phenolic OH excluding ortho intramolecular Hbond substituents is 1. The van der Waals surface area contributed by atoms with E-state index in [2.05, 4.69) is 0 Å². The van der Waals surface area contributed by atoms with Gasteiger partial charge in [-0.15, -0.1) is 0 Å². The molecule has 2 amide bonds. The summed E-state index contributed by atoms with van der Waals surface area (Å²) < 4.78 is 15.8. The molecule has 0 spiro atoms. The van der Waals surface area contributed by atoms with Crippen LogP contribution in [0.25, 0.3) is 11.6 Å². The van der Waals surface area contributed by atoms with Gasteiger partial charge in [0.25, 0.3) is 11.8 Å². The number of phenols is 1. The van der Waals surface area contributed by atoms with Crippen LogP contribution in [0.2, 0.25) is 0 Å². The Morgan fingerprint density at radius 1 is 1.06 bits per heavy atom. The molecule has 0 fully saturated rings. The number of nitro benzene ring substituents is 1. The molecular formula is C25H18N2O8. The SMILES string of the molecule is COc1cc(/C=C2/C(=O)N(Cc3ccc4c(c3)OCO4)C(=O)c3ccccc32)cc([N+](=O)[O-])c1O. The number of carbonyl (C=O) groups is 2. The summed E-state index contributed by atoms with van der Waals surface area (Å²) in [7, 11) is 1.27. The molecule has 10 heteroatoms. The minimum absolute atomic E-state index is 0.0149. The summed E-state index contributed by atoms with van der Waals surface area (Å²) in [5.41, 5.74) is 1.24. The highest BCUT2D eigenvalue weighted by molar-refractivity contribution is 6.33. The van der Waals surface area contributed by atoms with Crippen LogP contribution in [-0.4, -0.2) is 40.6 Å². The van der Waals surface area contributed by atoms with E-state index in [-0.39, 0.29) is 30.2 Å². The Labute approximate surface area is 198 Å². The molecule has 0 aliphatic carbocycles. The minimum Gasteiger partial charge on any atom is -0.500 e. The second kappa shape index (κ2) is 8.49. The van der Waals surface area contributed by atoms with Gasteiger partial charge in [0.05, 0.1) is 18.6 Å². The van der Waals surface area contributed by atoms with Gasteiger partial charge in [-0.3, -0.25) is 24.6 Å². The lowest BCUT2D eigenvalue weighted by Gasteiger charge is -2.29. The third-order valence-corrected chi connectivity index (χ3v) is 5.75. The summed E-state index contributed by atoms with van der Waals surface area (Å²) >= 11 is 0. The van der Waals surface area contributed by atoms with E-state index in [4.69, 9.17) is 14.2 Å². The Morgan fingerprint density at radius 2 is 1.80 bits per heavy atom. The number of imide groups is 1. The summed E-state index contributed by atoms with van der Waals surface area (Å²) in [6.45, 7) is 0.0852. The van der Waals surface area contributed by atoms with Crippen molar-refractivity contribution in [3.05, 3.63) is 87.0 Å². The molecule has 2 heterocycles. The van der Waals surface area contributed by atoms with Crippen LogP contribution >= 0.6 is 0 Å². The van der Waals surface area contributed by atoms with E-state index in [1.807, 2.05) is 0 Å². The maximum absolute atomic E-state index is 13.5. The third-order valence-electron chi connectivity index (χ3n) is 5.75. The predicted octanol–water partition coefficient (Wildman–Crippen LogP) is 3.76. The highest BCUT2D eigenvalue weighted by Crippen LogP contribution is 2.39. The van der Waals surface area contributed by atoms with Crippen LogP contribution in [-0.2, 0) is 11.3 Å². The van der Waals surface area contributed by atoms with Crippen LogP contribution in [0.4, 0.5) is 5.69 Å². The van der Waals surface area contributed by atoms with Gasteiger partial charge in [0.1, 0.15) is 0 Å². The topological polar surface area (TPSA) is 128 Å². The molecule has 0 aromatic heterocycles. The molecular weight excluding hydrogens is 456 g/mol. The molecule has 2 aliphatic rings. The van der Waals surface area contributed by atoms with Gasteiger partial charge in [0.15, 0.2) is 17.2 Å². The molecule has 10 nitrogen and oxygen atoms in total. The second-order valence-electron chi connectivity index (χ2n) is 7.84. The number of nitrogens with zero attached hydrogens (tertiary/aromatic N) is 2. The van der Waals surface area contributed by atoms with Crippen LogP contribution < -0.4 is 14.2 Å². The number of methoxy groups -OCH3 is 1. The van der Waals surface area contributed by atoms with Crippen molar-refractivity contribution in [2.24, 2.45) is 0 Å². The Morgan fingerprint density at radius 3 is 2.54 bits per heavy atom. The fourth-order valence-electron chi connectivity index (χ4n) is 4.07.